The molecule has 2 aromatic rings. The molecule has 0 aliphatic rings. The Hall–Kier alpha value is -0.910. The quantitative estimate of drug-likeness (QED) is 0.933. The molecule has 0 radical (unpaired) electrons. The molecule has 5 heteroatoms. The van der Waals surface area contributed by atoms with Crippen LogP contribution >= 0.6 is 27.3 Å². The zero-order chi connectivity index (χ0) is 12.3. The van der Waals surface area contributed by atoms with Crippen LogP contribution in [0.15, 0.2) is 39.5 Å². The lowest BCUT2D eigenvalue weighted by atomic mass is 10.2. The summed E-state index contributed by atoms with van der Waals surface area (Å²) in [7, 11) is 0. The zero-order valence-electron chi connectivity index (χ0n) is 8.90. The van der Waals surface area contributed by atoms with Crippen molar-refractivity contribution in [1.82, 2.24) is 0 Å². The first-order valence-electron chi connectivity index (χ1n) is 5.04. The minimum absolute atomic E-state index is 0.251. The number of rotatable bonds is 4. The van der Waals surface area contributed by atoms with Gasteiger partial charge in [-0.15, -0.1) is 0 Å². The molecule has 1 aromatic heterocycles. The molecule has 0 spiro atoms. The molecule has 0 bridgehead atoms. The summed E-state index contributed by atoms with van der Waals surface area (Å²) in [5, 5.41) is 3.94. The first-order valence-corrected chi connectivity index (χ1v) is 6.78. The van der Waals surface area contributed by atoms with Gasteiger partial charge >= 0.3 is 0 Å². The first-order chi connectivity index (χ1) is 8.20. The van der Waals surface area contributed by atoms with E-state index in [1.807, 2.05) is 16.8 Å². The van der Waals surface area contributed by atoms with Gasteiger partial charge < -0.3 is 10.5 Å². The summed E-state index contributed by atoms with van der Waals surface area (Å²) in [4.78, 5) is 0. The summed E-state index contributed by atoms with van der Waals surface area (Å²) in [5.74, 6) is 0.135. The van der Waals surface area contributed by atoms with Gasteiger partial charge in [0.2, 0.25) is 0 Å². The number of benzene rings is 1. The van der Waals surface area contributed by atoms with Crippen LogP contribution in [0.3, 0.4) is 0 Å². The van der Waals surface area contributed by atoms with Gasteiger partial charge in [-0.3, -0.25) is 0 Å². The van der Waals surface area contributed by atoms with E-state index in [0.29, 0.717) is 16.8 Å². The molecule has 0 amide bonds. The minimum atomic E-state index is -0.329. The van der Waals surface area contributed by atoms with Gasteiger partial charge in [0.1, 0.15) is 17.7 Å². The van der Waals surface area contributed by atoms with E-state index in [0.717, 1.165) is 5.56 Å². The fourth-order valence-corrected chi connectivity index (χ4v) is 2.47. The molecule has 1 atom stereocenters. The minimum Gasteiger partial charge on any atom is -0.483 e. The highest BCUT2D eigenvalue weighted by Crippen LogP contribution is 2.30. The fraction of sp³-hybridized carbons (Fsp3) is 0.167. The number of hydrogen-bond acceptors (Lipinski definition) is 3. The van der Waals surface area contributed by atoms with Gasteiger partial charge in [-0.25, -0.2) is 4.39 Å². The summed E-state index contributed by atoms with van der Waals surface area (Å²) in [5.41, 5.74) is 6.68. The molecule has 0 aliphatic heterocycles. The second kappa shape index (κ2) is 5.62. The van der Waals surface area contributed by atoms with Crippen molar-refractivity contribution in [3.8, 4) is 5.75 Å². The van der Waals surface area contributed by atoms with E-state index in [1.165, 1.54) is 12.1 Å². The topological polar surface area (TPSA) is 35.2 Å². The van der Waals surface area contributed by atoms with Crippen LogP contribution in [0.2, 0.25) is 0 Å². The molecule has 2 nitrogen and oxygen atoms in total. The Balaban J connectivity index is 2.21. The van der Waals surface area contributed by atoms with Gasteiger partial charge in [-0.1, -0.05) is 0 Å². The van der Waals surface area contributed by atoms with Gasteiger partial charge in [0.25, 0.3) is 0 Å². The summed E-state index contributed by atoms with van der Waals surface area (Å²) in [6, 6.07) is 6.29. The van der Waals surface area contributed by atoms with Crippen molar-refractivity contribution in [2.75, 3.05) is 6.54 Å². The Kier molecular flexibility index (Phi) is 4.15. The summed E-state index contributed by atoms with van der Waals surface area (Å²) in [6.45, 7) is 0.347. The van der Waals surface area contributed by atoms with Crippen molar-refractivity contribution in [2.24, 2.45) is 5.73 Å². The molecule has 1 heterocycles. The standard InChI is InChI=1S/C12H11BrFNOS/c13-10-2-1-9(14)5-11(10)16-12(6-15)8-3-4-17-7-8/h1-5,7,12H,6,15H2. The molecule has 0 aliphatic carbocycles. The highest BCUT2D eigenvalue weighted by atomic mass is 79.9. The van der Waals surface area contributed by atoms with E-state index in [1.54, 1.807) is 17.4 Å². The number of halogens is 2. The monoisotopic (exact) mass is 315 g/mol. The number of nitrogens with two attached hydrogens (primary N) is 1. The van der Waals surface area contributed by atoms with Gasteiger partial charge in [0.15, 0.2) is 0 Å². The predicted octanol–water partition coefficient (Wildman–Crippen LogP) is 3.73. The third-order valence-electron chi connectivity index (χ3n) is 2.29. The van der Waals surface area contributed by atoms with Crippen LogP contribution in [0.4, 0.5) is 4.39 Å². The van der Waals surface area contributed by atoms with Gasteiger partial charge in [-0.05, 0) is 44.9 Å². The lowest BCUT2D eigenvalue weighted by Crippen LogP contribution is -2.18. The third kappa shape index (κ3) is 3.06. The molecule has 0 saturated heterocycles. The van der Waals surface area contributed by atoms with Crippen LogP contribution in [0, 0.1) is 5.82 Å². The molecule has 0 fully saturated rings. The molecule has 2 N–H and O–H groups in total. The molecule has 2 rings (SSSR count). The van der Waals surface area contributed by atoms with Crippen LogP contribution in [0.25, 0.3) is 0 Å². The first kappa shape index (κ1) is 12.5. The molecular weight excluding hydrogens is 305 g/mol. The van der Waals surface area contributed by atoms with Gasteiger partial charge in [0, 0.05) is 18.2 Å². The zero-order valence-corrected chi connectivity index (χ0v) is 11.3. The summed E-state index contributed by atoms with van der Waals surface area (Å²) in [6.07, 6.45) is -0.251. The second-order valence-electron chi connectivity index (χ2n) is 3.47. The van der Waals surface area contributed by atoms with Crippen LogP contribution in [0.5, 0.6) is 5.75 Å². The third-order valence-corrected chi connectivity index (χ3v) is 3.65. The van der Waals surface area contributed by atoms with Crippen LogP contribution in [0.1, 0.15) is 11.7 Å². The predicted molar refractivity (Wildman–Crippen MR) is 70.8 cm³/mol. The fourth-order valence-electron chi connectivity index (χ4n) is 1.43. The second-order valence-corrected chi connectivity index (χ2v) is 5.11. The lowest BCUT2D eigenvalue weighted by molar-refractivity contribution is 0.212. The largest absolute Gasteiger partial charge is 0.483 e. The smallest absolute Gasteiger partial charge is 0.137 e. The SMILES string of the molecule is NCC(Oc1cc(F)ccc1Br)c1ccsc1. The van der Waals surface area contributed by atoms with Crippen LogP contribution < -0.4 is 10.5 Å². The number of thiophene rings is 1. The Morgan fingerprint density at radius 1 is 1.41 bits per heavy atom. The van der Waals surface area contributed by atoms with Crippen molar-refractivity contribution in [1.29, 1.82) is 0 Å². The average molecular weight is 316 g/mol. The van der Waals surface area contributed by atoms with E-state index >= 15 is 0 Å². The van der Waals surface area contributed by atoms with E-state index in [9.17, 15) is 4.39 Å². The molecule has 90 valence electrons. The Morgan fingerprint density at radius 2 is 2.24 bits per heavy atom. The van der Waals surface area contributed by atoms with E-state index < -0.39 is 0 Å². The molecule has 0 saturated carbocycles. The lowest BCUT2D eigenvalue weighted by Gasteiger charge is -2.17. The van der Waals surface area contributed by atoms with Crippen molar-refractivity contribution in [3.63, 3.8) is 0 Å². The maximum atomic E-state index is 13.1. The number of hydrogen-bond donors (Lipinski definition) is 1. The van der Waals surface area contributed by atoms with Crippen molar-refractivity contribution < 1.29 is 9.13 Å². The maximum absolute atomic E-state index is 13.1. The van der Waals surface area contributed by atoms with Crippen LogP contribution in [-0.2, 0) is 0 Å². The molecule has 1 aromatic carbocycles. The van der Waals surface area contributed by atoms with Gasteiger partial charge in [0.05, 0.1) is 4.47 Å². The summed E-state index contributed by atoms with van der Waals surface area (Å²) < 4.78 is 19.5. The Bertz CT molecular complexity index is 489. The van der Waals surface area contributed by atoms with E-state index in [-0.39, 0.29) is 11.9 Å². The molecule has 1 unspecified atom stereocenters. The van der Waals surface area contributed by atoms with Crippen molar-refractivity contribution >= 4 is 27.3 Å². The van der Waals surface area contributed by atoms with Crippen molar-refractivity contribution in [2.45, 2.75) is 6.10 Å². The van der Waals surface area contributed by atoms with Gasteiger partial charge in [-0.2, -0.15) is 11.3 Å². The van der Waals surface area contributed by atoms with Crippen LogP contribution in [-0.4, -0.2) is 6.54 Å². The molecular formula is C12H11BrFNOS. The maximum Gasteiger partial charge on any atom is 0.137 e. The Morgan fingerprint density at radius 3 is 2.88 bits per heavy atom. The normalized spacial score (nSPS) is 12.4. The molecule has 17 heavy (non-hydrogen) atoms. The number of ether oxygens (including phenoxy) is 1. The average Bonchev–Trinajstić information content (AvgIpc) is 2.84. The highest BCUT2D eigenvalue weighted by molar-refractivity contribution is 9.10. The van der Waals surface area contributed by atoms with Crippen molar-refractivity contribution in [3.05, 3.63) is 50.9 Å². The Labute approximate surface area is 111 Å². The van der Waals surface area contributed by atoms with E-state index in [2.05, 4.69) is 15.9 Å². The highest BCUT2D eigenvalue weighted by Gasteiger charge is 2.14. The summed E-state index contributed by atoms with van der Waals surface area (Å²) >= 11 is 4.90. The van der Waals surface area contributed by atoms with E-state index in [4.69, 9.17) is 10.5 Å².